The molecule has 0 aliphatic carbocycles. The fourth-order valence-electron chi connectivity index (χ4n) is 1.63. The van der Waals surface area contributed by atoms with Crippen LogP contribution < -0.4 is 0 Å². The Morgan fingerprint density at radius 2 is 2.11 bits per heavy atom. The maximum Gasteiger partial charge on any atom is 0.182 e. The molecule has 7 nitrogen and oxygen atoms in total. The average Bonchev–Trinajstić information content (AvgIpc) is 3.02. The fourth-order valence-corrected chi connectivity index (χ4v) is 1.63. The van der Waals surface area contributed by atoms with Crippen LogP contribution in [0.5, 0.6) is 0 Å². The number of tetrazole rings is 1. The zero-order valence-electron chi connectivity index (χ0n) is 9.16. The fraction of sp³-hybridized carbons (Fsp3) is 0.100. The van der Waals surface area contributed by atoms with E-state index < -0.39 is 0 Å². The van der Waals surface area contributed by atoms with Crippen LogP contribution in [-0.4, -0.2) is 35.4 Å². The predicted octanol–water partition coefficient (Wildman–Crippen LogP) is 0.510. The van der Waals surface area contributed by atoms with E-state index in [1.165, 1.54) is 12.4 Å². The molecule has 3 aromatic rings. The van der Waals surface area contributed by atoms with E-state index in [-0.39, 0.29) is 5.82 Å². The Hall–Kier alpha value is -2.64. The van der Waals surface area contributed by atoms with E-state index in [2.05, 4.69) is 30.8 Å². The first-order valence-electron chi connectivity index (χ1n) is 5.21. The zero-order valence-corrected chi connectivity index (χ0v) is 9.16. The van der Waals surface area contributed by atoms with Crippen LogP contribution in [0.2, 0.25) is 0 Å². The summed E-state index contributed by atoms with van der Waals surface area (Å²) in [6, 6.07) is 6.41. The van der Waals surface area contributed by atoms with Crippen molar-refractivity contribution in [3.63, 3.8) is 0 Å². The molecule has 0 saturated heterocycles. The van der Waals surface area contributed by atoms with Gasteiger partial charge in [-0.2, -0.15) is 5.21 Å². The zero-order chi connectivity index (χ0) is 12.4. The quantitative estimate of drug-likeness (QED) is 0.726. The third-order valence-electron chi connectivity index (χ3n) is 2.44. The van der Waals surface area contributed by atoms with Gasteiger partial charge in [0.25, 0.3) is 0 Å². The van der Waals surface area contributed by atoms with Crippen LogP contribution in [0.4, 0.5) is 4.39 Å². The Morgan fingerprint density at radius 1 is 1.22 bits per heavy atom. The molecule has 0 amide bonds. The summed E-state index contributed by atoms with van der Waals surface area (Å²) in [5.41, 5.74) is 0.390. The summed E-state index contributed by atoms with van der Waals surface area (Å²) in [5.74, 6) is 0.675. The lowest BCUT2D eigenvalue weighted by Gasteiger charge is -2.05. The van der Waals surface area contributed by atoms with Crippen molar-refractivity contribution in [1.29, 1.82) is 0 Å². The second-order valence-corrected chi connectivity index (χ2v) is 3.57. The van der Waals surface area contributed by atoms with E-state index in [1.54, 1.807) is 22.8 Å². The van der Waals surface area contributed by atoms with Gasteiger partial charge in [0, 0.05) is 0 Å². The number of halogens is 1. The van der Waals surface area contributed by atoms with Gasteiger partial charge in [0.05, 0.1) is 12.1 Å². The predicted molar refractivity (Wildman–Crippen MR) is 58.3 cm³/mol. The van der Waals surface area contributed by atoms with Gasteiger partial charge in [-0.25, -0.2) is 4.39 Å². The van der Waals surface area contributed by atoms with Crippen molar-refractivity contribution in [1.82, 2.24) is 35.4 Å². The molecular formula is C10H8FN7. The second kappa shape index (κ2) is 4.32. The summed E-state index contributed by atoms with van der Waals surface area (Å²) in [6.45, 7) is 0. The highest BCUT2D eigenvalue weighted by Gasteiger charge is 2.12. The van der Waals surface area contributed by atoms with Gasteiger partial charge in [0.2, 0.25) is 0 Å². The third-order valence-corrected chi connectivity index (χ3v) is 2.44. The van der Waals surface area contributed by atoms with Gasteiger partial charge >= 0.3 is 0 Å². The van der Waals surface area contributed by atoms with E-state index in [0.29, 0.717) is 23.8 Å². The van der Waals surface area contributed by atoms with Gasteiger partial charge in [-0.05, 0) is 12.1 Å². The van der Waals surface area contributed by atoms with Crippen LogP contribution in [0, 0.1) is 5.82 Å². The second-order valence-electron chi connectivity index (χ2n) is 3.57. The van der Waals surface area contributed by atoms with Crippen LogP contribution in [0.15, 0.2) is 30.6 Å². The molecule has 0 aliphatic heterocycles. The molecule has 0 saturated carbocycles. The van der Waals surface area contributed by atoms with Gasteiger partial charge in [0.1, 0.15) is 18.0 Å². The number of benzene rings is 1. The molecule has 0 atom stereocenters. The van der Waals surface area contributed by atoms with Crippen molar-refractivity contribution in [3.8, 4) is 5.69 Å². The van der Waals surface area contributed by atoms with Crippen LogP contribution in [0.25, 0.3) is 5.69 Å². The molecule has 2 aromatic heterocycles. The maximum absolute atomic E-state index is 13.7. The number of H-pyrrole nitrogens is 1. The highest BCUT2D eigenvalue weighted by atomic mass is 19.1. The number of aromatic amines is 1. The van der Waals surface area contributed by atoms with Crippen LogP contribution in [-0.2, 0) is 6.42 Å². The molecule has 0 bridgehead atoms. The minimum absolute atomic E-state index is 0.324. The summed E-state index contributed by atoms with van der Waals surface area (Å²) in [4.78, 5) is 0. The van der Waals surface area contributed by atoms with Crippen LogP contribution in [0.3, 0.4) is 0 Å². The SMILES string of the molecule is Fc1ccccc1-n1cnnc1Cc1nn[nH]n1. The highest BCUT2D eigenvalue weighted by Crippen LogP contribution is 2.14. The monoisotopic (exact) mass is 245 g/mol. The molecule has 1 N–H and O–H groups in total. The van der Waals surface area contributed by atoms with Crippen molar-refractivity contribution < 1.29 is 4.39 Å². The summed E-state index contributed by atoms with van der Waals surface area (Å²) in [6.07, 6.45) is 1.78. The Labute approximate surface area is 101 Å². The topological polar surface area (TPSA) is 85.2 Å². The normalized spacial score (nSPS) is 10.7. The molecular weight excluding hydrogens is 237 g/mol. The van der Waals surface area contributed by atoms with Crippen molar-refractivity contribution in [3.05, 3.63) is 48.1 Å². The lowest BCUT2D eigenvalue weighted by molar-refractivity contribution is 0.615. The van der Waals surface area contributed by atoms with E-state index in [0.717, 1.165) is 0 Å². The van der Waals surface area contributed by atoms with Crippen molar-refractivity contribution in [2.75, 3.05) is 0 Å². The van der Waals surface area contributed by atoms with Crippen LogP contribution >= 0.6 is 0 Å². The van der Waals surface area contributed by atoms with E-state index >= 15 is 0 Å². The average molecular weight is 245 g/mol. The van der Waals surface area contributed by atoms with E-state index in [9.17, 15) is 4.39 Å². The van der Waals surface area contributed by atoms with Gasteiger partial charge in [-0.1, -0.05) is 17.3 Å². The Kier molecular flexibility index (Phi) is 2.52. The largest absolute Gasteiger partial charge is 0.282 e. The maximum atomic E-state index is 13.7. The first-order chi connectivity index (χ1) is 8.84. The van der Waals surface area contributed by atoms with Crippen molar-refractivity contribution in [2.45, 2.75) is 6.42 Å². The lowest BCUT2D eigenvalue weighted by Crippen LogP contribution is -2.04. The first kappa shape index (κ1) is 10.5. The minimum Gasteiger partial charge on any atom is -0.282 e. The minimum atomic E-state index is -0.341. The number of aromatic nitrogens is 7. The standard InChI is InChI=1S/C10H8FN7/c11-7-3-1-2-4-8(7)18-6-12-15-10(18)5-9-13-16-17-14-9/h1-4,6H,5H2,(H,13,14,16,17). The van der Waals surface area contributed by atoms with Crippen LogP contribution in [0.1, 0.15) is 11.6 Å². The molecule has 90 valence electrons. The smallest absolute Gasteiger partial charge is 0.182 e. The lowest BCUT2D eigenvalue weighted by atomic mass is 10.3. The molecule has 8 heteroatoms. The first-order valence-corrected chi connectivity index (χ1v) is 5.21. The molecule has 0 spiro atoms. The number of hydrogen-bond donors (Lipinski definition) is 1. The number of para-hydroxylation sites is 1. The summed E-state index contributed by atoms with van der Waals surface area (Å²) >= 11 is 0. The Bertz CT molecular complexity index is 646. The molecule has 18 heavy (non-hydrogen) atoms. The number of rotatable bonds is 3. The van der Waals surface area contributed by atoms with Gasteiger partial charge in [-0.15, -0.1) is 20.4 Å². The molecule has 0 radical (unpaired) electrons. The van der Waals surface area contributed by atoms with Gasteiger partial charge in [0.15, 0.2) is 5.82 Å². The molecule has 0 aliphatic rings. The Morgan fingerprint density at radius 3 is 2.89 bits per heavy atom. The van der Waals surface area contributed by atoms with Gasteiger partial charge in [-0.3, -0.25) is 4.57 Å². The summed E-state index contributed by atoms with van der Waals surface area (Å²) in [5, 5.41) is 21.2. The molecule has 3 rings (SSSR count). The number of nitrogens with one attached hydrogen (secondary N) is 1. The van der Waals surface area contributed by atoms with E-state index in [1.807, 2.05) is 0 Å². The summed E-state index contributed by atoms with van der Waals surface area (Å²) < 4.78 is 15.2. The van der Waals surface area contributed by atoms with E-state index in [4.69, 9.17) is 0 Å². The number of nitrogens with zero attached hydrogens (tertiary/aromatic N) is 6. The van der Waals surface area contributed by atoms with Gasteiger partial charge < -0.3 is 0 Å². The summed E-state index contributed by atoms with van der Waals surface area (Å²) in [7, 11) is 0. The molecule has 1 aromatic carbocycles. The van der Waals surface area contributed by atoms with Crippen molar-refractivity contribution >= 4 is 0 Å². The molecule has 0 fully saturated rings. The third kappa shape index (κ3) is 1.83. The van der Waals surface area contributed by atoms with Crippen molar-refractivity contribution in [2.24, 2.45) is 0 Å². The number of hydrogen-bond acceptors (Lipinski definition) is 5. The molecule has 0 unspecified atom stereocenters. The highest BCUT2D eigenvalue weighted by molar-refractivity contribution is 5.34. The Balaban J connectivity index is 1.99. The molecule has 2 heterocycles.